The fourth-order valence-corrected chi connectivity index (χ4v) is 4.67. The summed E-state index contributed by atoms with van der Waals surface area (Å²) in [7, 11) is 0. The van der Waals surface area contributed by atoms with Gasteiger partial charge in [0.05, 0.1) is 21.7 Å². The zero-order valence-corrected chi connectivity index (χ0v) is 21.6. The molecule has 0 unspecified atom stereocenters. The first kappa shape index (κ1) is 25.1. The second-order valence-electron chi connectivity index (χ2n) is 7.29. The van der Waals surface area contributed by atoms with Crippen LogP contribution in [0, 0.1) is 10.5 Å². The molecule has 9 heteroatoms. The number of carbonyl (C=O) groups is 3. The van der Waals surface area contributed by atoms with Crippen LogP contribution in [-0.4, -0.2) is 41.7 Å². The van der Waals surface area contributed by atoms with Gasteiger partial charge in [-0.25, -0.2) is 0 Å². The average molecular weight is 580 g/mol. The van der Waals surface area contributed by atoms with Crippen molar-refractivity contribution < 1.29 is 23.9 Å². The Morgan fingerprint density at radius 3 is 2.55 bits per heavy atom. The molecule has 0 spiro atoms. The zero-order valence-electron chi connectivity index (χ0n) is 18.6. The summed E-state index contributed by atoms with van der Waals surface area (Å²) < 4.78 is 12.4. The van der Waals surface area contributed by atoms with Crippen molar-refractivity contribution in [2.24, 2.45) is 0 Å². The largest absolute Gasteiger partial charge is 0.490 e. The Morgan fingerprint density at radius 2 is 1.88 bits per heavy atom. The number of amides is 3. The molecule has 2 aromatic rings. The molecule has 1 heterocycles. The fraction of sp³-hybridized carbons (Fsp3) is 0.292. The molecule has 1 N–H and O–H groups in total. The molecule has 3 rings (SSSR count). The van der Waals surface area contributed by atoms with Crippen molar-refractivity contribution in [1.82, 2.24) is 4.90 Å². The van der Waals surface area contributed by atoms with Crippen LogP contribution in [0.3, 0.4) is 0 Å². The minimum atomic E-state index is -0.497. The Kier molecular flexibility index (Phi) is 8.79. The summed E-state index contributed by atoms with van der Waals surface area (Å²) in [6.45, 7) is 6.55. The van der Waals surface area contributed by atoms with Crippen LogP contribution >= 0.6 is 34.4 Å². The first-order valence-electron chi connectivity index (χ1n) is 10.5. The maximum atomic E-state index is 12.8. The van der Waals surface area contributed by atoms with Crippen LogP contribution < -0.4 is 14.8 Å². The molecule has 0 atom stereocenters. The van der Waals surface area contributed by atoms with Crippen molar-refractivity contribution in [3.8, 4) is 11.5 Å². The Morgan fingerprint density at radius 1 is 1.15 bits per heavy atom. The number of nitrogens with zero attached hydrogens (tertiary/aromatic N) is 1. The summed E-state index contributed by atoms with van der Waals surface area (Å²) in [4.78, 5) is 38.8. The van der Waals surface area contributed by atoms with E-state index >= 15 is 0 Å². The first-order valence-corrected chi connectivity index (χ1v) is 12.4. The number of rotatable bonds is 9. The lowest BCUT2D eigenvalue weighted by atomic mass is 10.2. The summed E-state index contributed by atoms with van der Waals surface area (Å²) in [5.74, 6) is 0.314. The maximum absolute atomic E-state index is 12.8. The SMILES string of the molecule is CCCOc1c(I)cc(/C=C2\SC(=O)N(CC(=O)Nc3ccc(C)cc3)C2=O)cc1OCC. The molecular formula is C24H25IN2O5S. The molecule has 0 aliphatic carbocycles. The molecule has 1 aliphatic heterocycles. The van der Waals surface area contributed by atoms with E-state index < -0.39 is 17.1 Å². The summed E-state index contributed by atoms with van der Waals surface area (Å²) >= 11 is 2.98. The van der Waals surface area contributed by atoms with Gasteiger partial charge in [0, 0.05) is 5.69 Å². The van der Waals surface area contributed by atoms with E-state index in [1.54, 1.807) is 24.3 Å². The summed E-state index contributed by atoms with van der Waals surface area (Å²) in [5, 5.41) is 2.23. The molecule has 1 aliphatic rings. The van der Waals surface area contributed by atoms with Crippen molar-refractivity contribution in [2.45, 2.75) is 27.2 Å². The first-order chi connectivity index (χ1) is 15.8. The van der Waals surface area contributed by atoms with Crippen LogP contribution in [0.5, 0.6) is 11.5 Å². The quantitative estimate of drug-likeness (QED) is 0.313. The number of hydrogen-bond donors (Lipinski definition) is 1. The molecule has 33 heavy (non-hydrogen) atoms. The van der Waals surface area contributed by atoms with Gasteiger partial charge in [-0.1, -0.05) is 24.6 Å². The minimum Gasteiger partial charge on any atom is -0.490 e. The Bertz CT molecular complexity index is 1090. The van der Waals surface area contributed by atoms with Crippen LogP contribution in [0.4, 0.5) is 10.5 Å². The second kappa shape index (κ2) is 11.6. The molecular weight excluding hydrogens is 555 g/mol. The number of thioether (sulfide) groups is 1. The number of hydrogen-bond acceptors (Lipinski definition) is 6. The number of ether oxygens (including phenoxy) is 2. The third-order valence-corrected chi connectivity index (χ3v) is 6.30. The monoisotopic (exact) mass is 580 g/mol. The van der Waals surface area contributed by atoms with Crippen molar-refractivity contribution in [2.75, 3.05) is 25.1 Å². The lowest BCUT2D eigenvalue weighted by Gasteiger charge is -2.14. The van der Waals surface area contributed by atoms with E-state index in [4.69, 9.17) is 9.47 Å². The van der Waals surface area contributed by atoms with Gasteiger partial charge in [-0.15, -0.1) is 0 Å². The highest BCUT2D eigenvalue weighted by molar-refractivity contribution is 14.1. The van der Waals surface area contributed by atoms with Gasteiger partial charge < -0.3 is 14.8 Å². The van der Waals surface area contributed by atoms with Crippen molar-refractivity contribution in [3.05, 3.63) is 56.0 Å². The molecule has 0 bridgehead atoms. The minimum absolute atomic E-state index is 0.253. The number of aryl methyl sites for hydroxylation is 1. The second-order valence-corrected chi connectivity index (χ2v) is 9.45. The molecule has 174 valence electrons. The van der Waals surface area contributed by atoms with Gasteiger partial charge in [0.1, 0.15) is 6.54 Å². The predicted molar refractivity (Wildman–Crippen MR) is 139 cm³/mol. The van der Waals surface area contributed by atoms with Crippen LogP contribution in [-0.2, 0) is 9.59 Å². The van der Waals surface area contributed by atoms with E-state index in [-0.39, 0.29) is 11.4 Å². The number of benzene rings is 2. The van der Waals surface area contributed by atoms with Gasteiger partial charge in [-0.2, -0.15) is 0 Å². The number of nitrogens with one attached hydrogen (secondary N) is 1. The fourth-order valence-electron chi connectivity index (χ4n) is 3.05. The Labute approximate surface area is 211 Å². The molecule has 2 aromatic carbocycles. The number of carbonyl (C=O) groups excluding carboxylic acids is 3. The van der Waals surface area contributed by atoms with E-state index in [1.807, 2.05) is 39.0 Å². The van der Waals surface area contributed by atoms with Crippen molar-refractivity contribution in [3.63, 3.8) is 0 Å². The summed E-state index contributed by atoms with van der Waals surface area (Å²) in [5.41, 5.74) is 2.38. The topological polar surface area (TPSA) is 84.9 Å². The third-order valence-electron chi connectivity index (χ3n) is 4.59. The van der Waals surface area contributed by atoms with E-state index in [0.717, 1.165) is 32.2 Å². The van der Waals surface area contributed by atoms with E-state index in [0.29, 0.717) is 36.0 Å². The van der Waals surface area contributed by atoms with E-state index in [9.17, 15) is 14.4 Å². The standard InChI is InChI=1S/C24H25IN2O5S/c1-4-10-32-22-18(25)11-16(12-19(22)31-5-2)13-20-23(29)27(24(30)33-20)14-21(28)26-17-8-6-15(3)7-9-17/h6-9,11-13H,4-5,10,14H2,1-3H3,(H,26,28)/b20-13-. The van der Waals surface area contributed by atoms with Gasteiger partial charge in [0.2, 0.25) is 5.91 Å². The number of anilines is 1. The number of imide groups is 1. The van der Waals surface area contributed by atoms with Gasteiger partial charge >= 0.3 is 0 Å². The maximum Gasteiger partial charge on any atom is 0.294 e. The predicted octanol–water partition coefficient (Wildman–Crippen LogP) is 5.46. The van der Waals surface area contributed by atoms with Crippen molar-refractivity contribution >= 4 is 63.2 Å². The summed E-state index contributed by atoms with van der Waals surface area (Å²) in [6.07, 6.45) is 2.51. The third kappa shape index (κ3) is 6.50. The molecule has 0 saturated carbocycles. The van der Waals surface area contributed by atoms with Crippen LogP contribution in [0.1, 0.15) is 31.4 Å². The van der Waals surface area contributed by atoms with Crippen LogP contribution in [0.15, 0.2) is 41.3 Å². The van der Waals surface area contributed by atoms with Crippen LogP contribution in [0.2, 0.25) is 0 Å². The number of halogens is 1. The lowest BCUT2D eigenvalue weighted by Crippen LogP contribution is -2.36. The van der Waals surface area contributed by atoms with E-state index in [1.165, 1.54) is 0 Å². The highest BCUT2D eigenvalue weighted by Gasteiger charge is 2.36. The lowest BCUT2D eigenvalue weighted by molar-refractivity contribution is -0.127. The molecule has 0 aromatic heterocycles. The van der Waals surface area contributed by atoms with Gasteiger partial charge in [0.15, 0.2) is 11.5 Å². The van der Waals surface area contributed by atoms with Crippen LogP contribution in [0.25, 0.3) is 6.08 Å². The highest BCUT2D eigenvalue weighted by atomic mass is 127. The molecule has 7 nitrogen and oxygen atoms in total. The van der Waals surface area contributed by atoms with Gasteiger partial charge in [0.25, 0.3) is 11.1 Å². The van der Waals surface area contributed by atoms with Gasteiger partial charge in [-0.3, -0.25) is 19.3 Å². The average Bonchev–Trinajstić information content (AvgIpc) is 3.02. The molecule has 3 amide bonds. The Balaban J connectivity index is 1.75. The molecule has 0 radical (unpaired) electrons. The molecule has 1 saturated heterocycles. The Hall–Kier alpha value is -2.53. The normalized spacial score (nSPS) is 14.7. The smallest absolute Gasteiger partial charge is 0.294 e. The zero-order chi connectivity index (χ0) is 24.0. The van der Waals surface area contributed by atoms with E-state index in [2.05, 4.69) is 27.9 Å². The highest BCUT2D eigenvalue weighted by Crippen LogP contribution is 2.37. The molecule has 1 fully saturated rings. The summed E-state index contributed by atoms with van der Waals surface area (Å²) in [6, 6.07) is 10.9. The van der Waals surface area contributed by atoms with Crippen molar-refractivity contribution in [1.29, 1.82) is 0 Å². The van der Waals surface area contributed by atoms with Gasteiger partial charge in [-0.05, 0) is 90.5 Å².